The largest absolute Gasteiger partial charge is 0.479 e. The van der Waals surface area contributed by atoms with E-state index < -0.39 is 0 Å². The zero-order valence-corrected chi connectivity index (χ0v) is 11.6. The minimum absolute atomic E-state index is 0.109. The molecule has 5 heteroatoms. The Bertz CT molecular complexity index is 480. The van der Waals surface area contributed by atoms with Gasteiger partial charge in [0.1, 0.15) is 5.75 Å². The molecule has 4 nitrogen and oxygen atoms in total. The molecule has 2 heterocycles. The molecule has 19 heavy (non-hydrogen) atoms. The number of rotatable bonds is 2. The second-order valence-electron chi connectivity index (χ2n) is 5.04. The SMILES string of the molecule is NC[C@H]1CCN(C(=O)[C@H]2CSc3ccccc3O2)C1. The van der Waals surface area contributed by atoms with Crippen LogP contribution in [0.2, 0.25) is 0 Å². The summed E-state index contributed by atoms with van der Waals surface area (Å²) in [6.45, 7) is 2.25. The third kappa shape index (κ3) is 2.58. The third-order valence-corrected chi connectivity index (χ3v) is 4.83. The fourth-order valence-corrected chi connectivity index (χ4v) is 3.54. The highest BCUT2D eigenvalue weighted by atomic mass is 32.2. The molecule has 2 aliphatic heterocycles. The van der Waals surface area contributed by atoms with Gasteiger partial charge < -0.3 is 15.4 Å². The van der Waals surface area contributed by atoms with Crippen molar-refractivity contribution in [3.8, 4) is 5.75 Å². The van der Waals surface area contributed by atoms with Crippen molar-refractivity contribution in [2.45, 2.75) is 17.4 Å². The highest BCUT2D eigenvalue weighted by molar-refractivity contribution is 7.99. The van der Waals surface area contributed by atoms with E-state index in [-0.39, 0.29) is 12.0 Å². The first-order chi connectivity index (χ1) is 9.28. The molecule has 1 fully saturated rings. The van der Waals surface area contributed by atoms with E-state index in [2.05, 4.69) is 0 Å². The summed E-state index contributed by atoms with van der Waals surface area (Å²) in [5.41, 5.74) is 5.66. The number of para-hydroxylation sites is 1. The van der Waals surface area contributed by atoms with Crippen molar-refractivity contribution in [3.05, 3.63) is 24.3 Å². The van der Waals surface area contributed by atoms with Crippen LogP contribution in [0.15, 0.2) is 29.2 Å². The Morgan fingerprint density at radius 2 is 2.32 bits per heavy atom. The number of carbonyl (C=O) groups excluding carboxylic acids is 1. The van der Waals surface area contributed by atoms with E-state index in [9.17, 15) is 4.79 Å². The number of ether oxygens (including phenoxy) is 1. The third-order valence-electron chi connectivity index (χ3n) is 3.71. The number of thioether (sulfide) groups is 1. The molecular weight excluding hydrogens is 260 g/mol. The van der Waals surface area contributed by atoms with Gasteiger partial charge in [-0.05, 0) is 31.0 Å². The summed E-state index contributed by atoms with van der Waals surface area (Å²) in [5, 5.41) is 0. The summed E-state index contributed by atoms with van der Waals surface area (Å²) < 4.78 is 5.83. The predicted molar refractivity (Wildman–Crippen MR) is 75.3 cm³/mol. The van der Waals surface area contributed by atoms with Crippen molar-refractivity contribution in [1.29, 1.82) is 0 Å². The lowest BCUT2D eigenvalue weighted by Crippen LogP contribution is -2.43. The smallest absolute Gasteiger partial charge is 0.264 e. The van der Waals surface area contributed by atoms with Gasteiger partial charge in [0.25, 0.3) is 5.91 Å². The van der Waals surface area contributed by atoms with E-state index >= 15 is 0 Å². The number of benzene rings is 1. The van der Waals surface area contributed by atoms with Crippen molar-refractivity contribution >= 4 is 17.7 Å². The van der Waals surface area contributed by atoms with Gasteiger partial charge in [-0.3, -0.25) is 4.79 Å². The fourth-order valence-electron chi connectivity index (χ4n) is 2.57. The van der Waals surface area contributed by atoms with Crippen LogP contribution in [0.3, 0.4) is 0 Å². The quantitative estimate of drug-likeness (QED) is 0.887. The van der Waals surface area contributed by atoms with Crippen LogP contribution < -0.4 is 10.5 Å². The Hall–Kier alpha value is -1.20. The molecule has 1 aromatic rings. The molecule has 0 bridgehead atoms. The average molecular weight is 278 g/mol. The highest BCUT2D eigenvalue weighted by Gasteiger charge is 2.33. The molecule has 2 atom stereocenters. The van der Waals surface area contributed by atoms with Crippen LogP contribution in [0.5, 0.6) is 5.75 Å². The number of likely N-dealkylation sites (tertiary alicyclic amines) is 1. The molecule has 102 valence electrons. The normalized spacial score (nSPS) is 25.8. The first-order valence-corrected chi connectivity index (χ1v) is 7.64. The predicted octanol–water partition coefficient (Wildman–Crippen LogP) is 1.35. The number of nitrogens with zero attached hydrogens (tertiary/aromatic N) is 1. The number of hydrogen-bond acceptors (Lipinski definition) is 4. The minimum atomic E-state index is -0.351. The lowest BCUT2D eigenvalue weighted by molar-refractivity contribution is -0.136. The van der Waals surface area contributed by atoms with E-state index in [1.54, 1.807) is 11.8 Å². The van der Waals surface area contributed by atoms with Crippen LogP contribution in [0.1, 0.15) is 6.42 Å². The van der Waals surface area contributed by atoms with Gasteiger partial charge >= 0.3 is 0 Å². The molecule has 1 aromatic carbocycles. The number of nitrogens with two attached hydrogens (primary N) is 1. The van der Waals surface area contributed by atoms with Gasteiger partial charge in [0.15, 0.2) is 6.10 Å². The summed E-state index contributed by atoms with van der Waals surface area (Å²) >= 11 is 1.69. The van der Waals surface area contributed by atoms with Crippen LogP contribution in [-0.2, 0) is 4.79 Å². The Balaban J connectivity index is 1.66. The van der Waals surface area contributed by atoms with Crippen LogP contribution in [-0.4, -0.2) is 42.3 Å². The van der Waals surface area contributed by atoms with E-state index in [1.165, 1.54) is 0 Å². The topological polar surface area (TPSA) is 55.6 Å². The second-order valence-corrected chi connectivity index (χ2v) is 6.10. The van der Waals surface area contributed by atoms with Gasteiger partial charge in [0.05, 0.1) is 0 Å². The van der Waals surface area contributed by atoms with Crippen molar-refractivity contribution in [2.75, 3.05) is 25.4 Å². The van der Waals surface area contributed by atoms with Crippen LogP contribution >= 0.6 is 11.8 Å². The molecule has 1 saturated heterocycles. The molecular formula is C14H18N2O2S. The van der Waals surface area contributed by atoms with Gasteiger partial charge in [-0.1, -0.05) is 12.1 Å². The van der Waals surface area contributed by atoms with E-state index in [0.29, 0.717) is 18.2 Å². The number of amides is 1. The van der Waals surface area contributed by atoms with E-state index in [0.717, 1.165) is 30.2 Å². The van der Waals surface area contributed by atoms with Crippen molar-refractivity contribution in [2.24, 2.45) is 11.7 Å². The van der Waals surface area contributed by atoms with E-state index in [1.807, 2.05) is 29.2 Å². The van der Waals surface area contributed by atoms with Gasteiger partial charge in [-0.25, -0.2) is 0 Å². The molecule has 0 aromatic heterocycles. The summed E-state index contributed by atoms with van der Waals surface area (Å²) in [6.07, 6.45) is 0.662. The monoisotopic (exact) mass is 278 g/mol. The van der Waals surface area contributed by atoms with Gasteiger partial charge in [-0.15, -0.1) is 11.8 Å². The Labute approximate surface area is 117 Å². The highest BCUT2D eigenvalue weighted by Crippen LogP contribution is 2.35. The lowest BCUT2D eigenvalue weighted by Gasteiger charge is -2.28. The standard InChI is InChI=1S/C14H18N2O2S/c15-7-10-5-6-16(8-10)14(17)12-9-19-13-4-2-1-3-11(13)18-12/h1-4,10,12H,5-9,15H2/t10-,12-/m1/s1. The maximum atomic E-state index is 12.4. The van der Waals surface area contributed by atoms with Crippen LogP contribution in [0, 0.1) is 5.92 Å². The van der Waals surface area contributed by atoms with Gasteiger partial charge in [0, 0.05) is 23.7 Å². The number of fused-ring (bicyclic) bond motifs is 1. The summed E-state index contributed by atoms with van der Waals surface area (Å²) in [7, 11) is 0. The van der Waals surface area contributed by atoms with Gasteiger partial charge in [0.2, 0.25) is 0 Å². The molecule has 2 aliphatic rings. The molecule has 2 N–H and O–H groups in total. The lowest BCUT2D eigenvalue weighted by atomic mass is 10.1. The summed E-state index contributed by atoms with van der Waals surface area (Å²) in [6, 6.07) is 7.88. The second kappa shape index (κ2) is 5.43. The molecule has 3 rings (SSSR count). The maximum Gasteiger partial charge on any atom is 0.264 e. The Morgan fingerprint density at radius 1 is 1.47 bits per heavy atom. The zero-order chi connectivity index (χ0) is 13.2. The molecule has 0 saturated carbocycles. The van der Waals surface area contributed by atoms with E-state index in [4.69, 9.17) is 10.5 Å². The molecule has 0 spiro atoms. The Morgan fingerprint density at radius 3 is 3.11 bits per heavy atom. The molecule has 0 aliphatic carbocycles. The van der Waals surface area contributed by atoms with Gasteiger partial charge in [-0.2, -0.15) is 0 Å². The fraction of sp³-hybridized carbons (Fsp3) is 0.500. The number of hydrogen-bond donors (Lipinski definition) is 1. The first-order valence-electron chi connectivity index (χ1n) is 6.65. The van der Waals surface area contributed by atoms with Crippen LogP contribution in [0.25, 0.3) is 0 Å². The molecule has 0 unspecified atom stereocenters. The zero-order valence-electron chi connectivity index (χ0n) is 10.7. The maximum absolute atomic E-state index is 12.4. The first kappa shape index (κ1) is 12.8. The van der Waals surface area contributed by atoms with Crippen molar-refractivity contribution < 1.29 is 9.53 Å². The summed E-state index contributed by atoms with van der Waals surface area (Å²) in [5.74, 6) is 2.08. The summed E-state index contributed by atoms with van der Waals surface area (Å²) in [4.78, 5) is 15.4. The molecule has 0 radical (unpaired) electrons. The molecule has 1 amide bonds. The van der Waals surface area contributed by atoms with Crippen LogP contribution in [0.4, 0.5) is 0 Å². The Kier molecular flexibility index (Phi) is 3.66. The minimum Gasteiger partial charge on any atom is -0.479 e. The number of carbonyl (C=O) groups is 1. The van der Waals surface area contributed by atoms with Crippen molar-refractivity contribution in [1.82, 2.24) is 4.90 Å². The average Bonchev–Trinajstić information content (AvgIpc) is 2.95. The van der Waals surface area contributed by atoms with Crippen molar-refractivity contribution in [3.63, 3.8) is 0 Å².